The highest BCUT2D eigenvalue weighted by atomic mass is 32.1. The Bertz CT molecular complexity index is 775. The van der Waals surface area contributed by atoms with Gasteiger partial charge in [-0.1, -0.05) is 67.9 Å². The highest BCUT2D eigenvalue weighted by Gasteiger charge is 2.38. The average molecular weight is 380 g/mol. The number of rotatable bonds is 6. The molecule has 2 aliphatic rings. The zero-order valence-corrected chi connectivity index (χ0v) is 16.1. The van der Waals surface area contributed by atoms with E-state index in [1.54, 1.807) is 5.37 Å². The lowest BCUT2D eigenvalue weighted by Gasteiger charge is -2.34. The number of nitrogens with zero attached hydrogens (tertiary/aromatic N) is 2. The minimum Gasteiger partial charge on any atom is -0.482 e. The van der Waals surface area contributed by atoms with E-state index in [0.717, 1.165) is 17.3 Å². The zero-order valence-electron chi connectivity index (χ0n) is 15.3. The van der Waals surface area contributed by atoms with Crippen LogP contribution in [0, 0.1) is 5.92 Å². The monoisotopic (exact) mass is 379 g/mol. The first-order valence-electron chi connectivity index (χ1n) is 9.71. The van der Waals surface area contributed by atoms with Crippen molar-refractivity contribution in [2.24, 2.45) is 11.0 Å². The van der Waals surface area contributed by atoms with Crippen LogP contribution >= 0.6 is 12.2 Å². The molecule has 1 saturated carbocycles. The van der Waals surface area contributed by atoms with Crippen molar-refractivity contribution in [3.8, 4) is 5.75 Å². The van der Waals surface area contributed by atoms with Gasteiger partial charge < -0.3 is 4.74 Å². The molecule has 2 aromatic carbocycles. The quantitative estimate of drug-likeness (QED) is 0.734. The summed E-state index contributed by atoms with van der Waals surface area (Å²) in [4.78, 5) is 2.18. The van der Waals surface area contributed by atoms with E-state index in [4.69, 9.17) is 17.0 Å². The van der Waals surface area contributed by atoms with Gasteiger partial charge in [-0.3, -0.25) is 10.3 Å². The van der Waals surface area contributed by atoms with E-state index in [1.165, 1.54) is 32.1 Å². The molecule has 1 fully saturated rings. The number of ether oxygens (including phenoxy) is 1. The Hall–Kier alpha value is -2.40. The average Bonchev–Trinajstić information content (AvgIpc) is 3.18. The van der Waals surface area contributed by atoms with Crippen LogP contribution in [0.5, 0.6) is 5.75 Å². The van der Waals surface area contributed by atoms with Crippen molar-refractivity contribution in [1.82, 2.24) is 5.43 Å². The number of hydrogen-bond donors (Lipinski definition) is 1. The molecule has 2 unspecified atom stereocenters. The van der Waals surface area contributed by atoms with E-state index >= 15 is 0 Å². The van der Waals surface area contributed by atoms with E-state index in [1.807, 2.05) is 48.5 Å². The molecule has 0 bridgehead atoms. The van der Waals surface area contributed by atoms with Crippen LogP contribution in [-0.2, 0) is 0 Å². The van der Waals surface area contributed by atoms with E-state index in [2.05, 4.69) is 27.6 Å². The van der Waals surface area contributed by atoms with E-state index < -0.39 is 0 Å². The molecule has 4 nitrogen and oxygen atoms in total. The lowest BCUT2D eigenvalue weighted by molar-refractivity contribution is 0.160. The summed E-state index contributed by atoms with van der Waals surface area (Å²) in [5.74, 6) is 2.26. The molecule has 140 valence electrons. The second-order valence-electron chi connectivity index (χ2n) is 7.14. The maximum Gasteiger partial charge on any atom is 0.172 e. The van der Waals surface area contributed by atoms with Crippen molar-refractivity contribution in [2.45, 2.75) is 44.4 Å². The third kappa shape index (κ3) is 3.98. The lowest BCUT2D eigenvalue weighted by atomic mass is 9.84. The van der Waals surface area contributed by atoms with Gasteiger partial charge in [0.15, 0.2) is 11.9 Å². The molecule has 1 aliphatic heterocycles. The van der Waals surface area contributed by atoms with Crippen LogP contribution in [-0.4, -0.2) is 23.5 Å². The minimum atomic E-state index is -0.136. The van der Waals surface area contributed by atoms with Gasteiger partial charge >= 0.3 is 0 Å². The Balaban J connectivity index is 1.67. The number of benzene rings is 2. The predicted molar refractivity (Wildman–Crippen MR) is 114 cm³/mol. The molecule has 0 spiro atoms. The van der Waals surface area contributed by atoms with Crippen molar-refractivity contribution in [3.05, 3.63) is 60.7 Å². The number of thiocarbonyl (C=S) groups is 1. The van der Waals surface area contributed by atoms with Crippen LogP contribution < -0.4 is 15.1 Å². The molecule has 1 heterocycles. The van der Waals surface area contributed by atoms with Crippen LogP contribution in [0.3, 0.4) is 0 Å². The second kappa shape index (κ2) is 8.53. The van der Waals surface area contributed by atoms with Crippen LogP contribution in [0.15, 0.2) is 65.8 Å². The zero-order chi connectivity index (χ0) is 18.5. The van der Waals surface area contributed by atoms with Crippen molar-refractivity contribution in [2.75, 3.05) is 4.90 Å². The highest BCUT2D eigenvalue weighted by molar-refractivity contribution is 7.79. The summed E-state index contributed by atoms with van der Waals surface area (Å²) >= 11 is 5.27. The fourth-order valence-corrected chi connectivity index (χ4v) is 4.18. The Morgan fingerprint density at radius 1 is 1.00 bits per heavy atom. The van der Waals surface area contributed by atoms with Crippen molar-refractivity contribution in [1.29, 1.82) is 0 Å². The van der Waals surface area contributed by atoms with Gasteiger partial charge in [0, 0.05) is 17.0 Å². The summed E-state index contributed by atoms with van der Waals surface area (Å²) in [7, 11) is 0. The van der Waals surface area contributed by atoms with Gasteiger partial charge in [-0.05, 0) is 37.1 Å². The number of nitrogens with one attached hydrogen (secondary N) is 1. The first-order chi connectivity index (χ1) is 13.4. The smallest absolute Gasteiger partial charge is 0.172 e. The van der Waals surface area contributed by atoms with Gasteiger partial charge in [-0.15, -0.1) is 0 Å². The summed E-state index contributed by atoms with van der Waals surface area (Å²) < 4.78 is 6.52. The van der Waals surface area contributed by atoms with Crippen molar-refractivity contribution < 1.29 is 4.74 Å². The molecule has 27 heavy (non-hydrogen) atoms. The van der Waals surface area contributed by atoms with Crippen molar-refractivity contribution >= 4 is 29.1 Å². The van der Waals surface area contributed by atoms with Gasteiger partial charge in [-0.25, -0.2) is 0 Å². The molecule has 0 amide bonds. The third-order valence-electron chi connectivity index (χ3n) is 5.34. The van der Waals surface area contributed by atoms with E-state index in [-0.39, 0.29) is 12.3 Å². The van der Waals surface area contributed by atoms with Gasteiger partial charge in [0.05, 0.1) is 0 Å². The topological polar surface area (TPSA) is 36.9 Å². The summed E-state index contributed by atoms with van der Waals surface area (Å²) in [6.07, 6.45) is 5.92. The SMILES string of the molecule is S=CC1NN=C(C(Oc2ccccc2)C2CCCCC2)N1c1ccccc1. The van der Waals surface area contributed by atoms with Crippen LogP contribution in [0.2, 0.25) is 0 Å². The largest absolute Gasteiger partial charge is 0.482 e. The number of para-hydroxylation sites is 2. The predicted octanol–water partition coefficient (Wildman–Crippen LogP) is 4.76. The van der Waals surface area contributed by atoms with Crippen LogP contribution in [0.1, 0.15) is 32.1 Å². The first kappa shape index (κ1) is 18.0. The summed E-state index contributed by atoms with van der Waals surface area (Å²) in [6, 6.07) is 20.4. The fourth-order valence-electron chi connectivity index (χ4n) is 4.00. The number of anilines is 1. The Kier molecular flexibility index (Phi) is 5.68. The number of hydrazone groups is 1. The molecule has 2 atom stereocenters. The molecule has 2 aromatic rings. The Morgan fingerprint density at radius 3 is 2.33 bits per heavy atom. The van der Waals surface area contributed by atoms with Gasteiger partial charge in [0.1, 0.15) is 11.9 Å². The molecule has 5 heteroatoms. The molecule has 0 aromatic heterocycles. The summed E-state index contributed by atoms with van der Waals surface area (Å²) in [5.41, 5.74) is 4.26. The third-order valence-corrected chi connectivity index (χ3v) is 5.60. The maximum absolute atomic E-state index is 6.52. The number of hydrogen-bond acceptors (Lipinski definition) is 5. The molecular weight excluding hydrogens is 354 g/mol. The van der Waals surface area contributed by atoms with Gasteiger partial charge in [0.25, 0.3) is 0 Å². The molecule has 0 radical (unpaired) electrons. The molecule has 1 N–H and O–H groups in total. The standard InChI is InChI=1S/C22H25N3OS/c27-16-20-23-24-22(25(20)18-12-6-2-7-13-18)21(17-10-4-1-5-11-17)26-19-14-8-3-9-15-19/h2-3,6-9,12-17,20-21,23H,1,4-5,10-11H2. The molecular formula is C22H25N3OS. The molecule has 1 aliphatic carbocycles. The Labute approximate surface area is 166 Å². The fraction of sp³-hybridized carbons (Fsp3) is 0.364. The van der Waals surface area contributed by atoms with Crippen LogP contribution in [0.4, 0.5) is 5.69 Å². The lowest BCUT2D eigenvalue weighted by Crippen LogP contribution is -2.49. The second-order valence-corrected chi connectivity index (χ2v) is 7.41. The van der Waals surface area contributed by atoms with Crippen molar-refractivity contribution in [3.63, 3.8) is 0 Å². The summed E-state index contributed by atoms with van der Waals surface area (Å²) in [6.45, 7) is 0. The Morgan fingerprint density at radius 2 is 1.67 bits per heavy atom. The van der Waals surface area contributed by atoms with E-state index in [9.17, 15) is 0 Å². The molecule has 0 saturated heterocycles. The summed E-state index contributed by atoms with van der Waals surface area (Å²) in [5, 5.41) is 6.41. The maximum atomic E-state index is 6.52. The minimum absolute atomic E-state index is 0.0969. The van der Waals surface area contributed by atoms with Gasteiger partial charge in [-0.2, -0.15) is 5.10 Å². The van der Waals surface area contributed by atoms with Crippen LogP contribution in [0.25, 0.3) is 0 Å². The molecule has 4 rings (SSSR count). The normalized spacial score (nSPS) is 21.3. The number of amidine groups is 1. The first-order valence-corrected chi connectivity index (χ1v) is 10.2. The van der Waals surface area contributed by atoms with E-state index in [0.29, 0.717) is 5.92 Å². The highest BCUT2D eigenvalue weighted by Crippen LogP contribution is 2.33. The van der Waals surface area contributed by atoms with Gasteiger partial charge in [0.2, 0.25) is 0 Å².